The van der Waals surface area contributed by atoms with E-state index in [2.05, 4.69) is 20.8 Å². The summed E-state index contributed by atoms with van der Waals surface area (Å²) in [4.78, 5) is 11.3. The van der Waals surface area contributed by atoms with Gasteiger partial charge in [-0.15, -0.1) is 10.2 Å². The second-order valence-electron chi connectivity index (χ2n) is 4.41. The van der Waals surface area contributed by atoms with Crippen LogP contribution in [-0.4, -0.2) is 23.2 Å². The lowest BCUT2D eigenvalue weighted by Gasteiger charge is -2.17. The largest absolute Gasteiger partial charge is 0.486 e. The van der Waals surface area contributed by atoms with E-state index in [0.29, 0.717) is 13.0 Å². The molecule has 1 aromatic carbocycles. The van der Waals surface area contributed by atoms with Crippen molar-refractivity contribution in [2.45, 2.75) is 19.4 Å². The van der Waals surface area contributed by atoms with E-state index in [4.69, 9.17) is 4.74 Å². The van der Waals surface area contributed by atoms with E-state index in [9.17, 15) is 4.79 Å². The predicted octanol–water partition coefficient (Wildman–Crippen LogP) is 2.04. The molecule has 0 unspecified atom stereocenters. The molecule has 6 nitrogen and oxygen atoms in total. The Kier molecular flexibility index (Phi) is 3.51. The molecule has 2 aromatic rings. The molecule has 7 heteroatoms. The molecule has 0 atom stereocenters. The molecular weight excluding hydrogens is 276 g/mol. The van der Waals surface area contributed by atoms with Crippen LogP contribution in [0.4, 0.5) is 10.8 Å². The number of hydrogen-bond donors (Lipinski definition) is 2. The van der Waals surface area contributed by atoms with Crippen LogP contribution in [0.1, 0.15) is 17.0 Å². The first-order valence-corrected chi connectivity index (χ1v) is 7.12. The highest BCUT2D eigenvalue weighted by Gasteiger charge is 2.15. The van der Waals surface area contributed by atoms with Crippen molar-refractivity contribution < 1.29 is 9.53 Å². The smallest absolute Gasteiger partial charge is 0.224 e. The Labute approximate surface area is 120 Å². The summed E-state index contributed by atoms with van der Waals surface area (Å²) in [7, 11) is 1.81. The predicted molar refractivity (Wildman–Crippen MR) is 77.2 cm³/mol. The zero-order valence-electron chi connectivity index (χ0n) is 11.0. The Balaban J connectivity index is 1.67. The second-order valence-corrected chi connectivity index (χ2v) is 5.47. The number of anilines is 2. The van der Waals surface area contributed by atoms with E-state index < -0.39 is 0 Å². The average Bonchev–Trinajstić information content (AvgIpc) is 2.93. The van der Waals surface area contributed by atoms with Gasteiger partial charge in [0.15, 0.2) is 5.01 Å². The van der Waals surface area contributed by atoms with Crippen LogP contribution < -0.4 is 15.4 Å². The van der Waals surface area contributed by atoms with Crippen molar-refractivity contribution >= 4 is 28.1 Å². The van der Waals surface area contributed by atoms with E-state index >= 15 is 0 Å². The number of benzene rings is 1. The number of nitrogens with one attached hydrogen (secondary N) is 2. The number of aryl methyl sites for hydroxylation is 1. The molecule has 0 aliphatic carbocycles. The molecule has 1 aliphatic heterocycles. The van der Waals surface area contributed by atoms with Crippen LogP contribution in [0.2, 0.25) is 0 Å². The number of ether oxygens (including phenoxy) is 1. The molecule has 0 bridgehead atoms. The molecule has 104 valence electrons. The normalized spacial score (nSPS) is 13.6. The van der Waals surface area contributed by atoms with E-state index in [-0.39, 0.29) is 5.91 Å². The number of carbonyl (C=O) groups excluding carboxylic acids is 1. The van der Waals surface area contributed by atoms with Gasteiger partial charge in [0, 0.05) is 19.2 Å². The van der Waals surface area contributed by atoms with Crippen molar-refractivity contribution in [2.75, 3.05) is 17.7 Å². The average molecular weight is 290 g/mol. The molecule has 1 amide bonds. The van der Waals surface area contributed by atoms with E-state index in [0.717, 1.165) is 33.6 Å². The fourth-order valence-electron chi connectivity index (χ4n) is 2.01. The van der Waals surface area contributed by atoms with Crippen molar-refractivity contribution in [3.8, 4) is 5.75 Å². The zero-order valence-corrected chi connectivity index (χ0v) is 11.8. The minimum Gasteiger partial charge on any atom is -0.486 e. The van der Waals surface area contributed by atoms with E-state index in [1.54, 1.807) is 0 Å². The van der Waals surface area contributed by atoms with Crippen LogP contribution in [0.3, 0.4) is 0 Å². The van der Waals surface area contributed by atoms with Gasteiger partial charge < -0.3 is 15.4 Å². The van der Waals surface area contributed by atoms with Crippen molar-refractivity contribution in [1.29, 1.82) is 0 Å². The summed E-state index contributed by atoms with van der Waals surface area (Å²) >= 11 is 1.47. The lowest BCUT2D eigenvalue weighted by atomic mass is 10.0. The summed E-state index contributed by atoms with van der Waals surface area (Å²) in [6.45, 7) is 0.393. The Morgan fingerprint density at radius 3 is 3.10 bits per heavy atom. The third-order valence-electron chi connectivity index (χ3n) is 3.02. The van der Waals surface area contributed by atoms with Crippen molar-refractivity contribution in [1.82, 2.24) is 10.2 Å². The standard InChI is InChI=1S/C13H14N4O2S/c1-14-13-17-16-12(20-13)7-19-9-3-4-10-8(6-9)2-5-11(18)15-10/h3-4,6H,2,5,7H2,1H3,(H,14,17)(H,15,18). The summed E-state index contributed by atoms with van der Waals surface area (Å²) in [5.74, 6) is 0.848. The lowest BCUT2D eigenvalue weighted by molar-refractivity contribution is -0.116. The minimum atomic E-state index is 0.0691. The van der Waals surface area contributed by atoms with Gasteiger partial charge in [-0.3, -0.25) is 4.79 Å². The molecule has 0 spiro atoms. The van der Waals surface area contributed by atoms with E-state index in [1.807, 2.05) is 25.2 Å². The van der Waals surface area contributed by atoms with Gasteiger partial charge in [-0.05, 0) is 30.2 Å². The minimum absolute atomic E-state index is 0.0691. The van der Waals surface area contributed by atoms with Crippen LogP contribution in [0.25, 0.3) is 0 Å². The van der Waals surface area contributed by atoms with Crippen molar-refractivity contribution in [2.24, 2.45) is 0 Å². The Morgan fingerprint density at radius 1 is 1.40 bits per heavy atom. The first-order chi connectivity index (χ1) is 9.74. The second kappa shape index (κ2) is 5.46. The highest BCUT2D eigenvalue weighted by atomic mass is 32.1. The molecule has 20 heavy (non-hydrogen) atoms. The first-order valence-electron chi connectivity index (χ1n) is 6.30. The molecule has 0 radical (unpaired) electrons. The molecule has 0 saturated heterocycles. The zero-order chi connectivity index (χ0) is 13.9. The van der Waals surface area contributed by atoms with Gasteiger partial charge >= 0.3 is 0 Å². The maximum absolute atomic E-state index is 11.3. The molecule has 1 aliphatic rings. The van der Waals surface area contributed by atoms with Gasteiger partial charge in [-0.2, -0.15) is 0 Å². The topological polar surface area (TPSA) is 76.1 Å². The summed E-state index contributed by atoms with van der Waals surface area (Å²) < 4.78 is 5.71. The first kappa shape index (κ1) is 12.9. The number of carbonyl (C=O) groups is 1. The van der Waals surface area contributed by atoms with Gasteiger partial charge in [-0.1, -0.05) is 11.3 Å². The lowest BCUT2D eigenvalue weighted by Crippen LogP contribution is -2.18. The monoisotopic (exact) mass is 290 g/mol. The highest BCUT2D eigenvalue weighted by molar-refractivity contribution is 7.15. The van der Waals surface area contributed by atoms with E-state index in [1.165, 1.54) is 11.3 Å². The highest BCUT2D eigenvalue weighted by Crippen LogP contribution is 2.27. The maximum atomic E-state index is 11.3. The summed E-state index contributed by atoms with van der Waals surface area (Å²) in [5, 5.41) is 15.4. The van der Waals surface area contributed by atoms with Crippen LogP contribution in [0.15, 0.2) is 18.2 Å². The fourth-order valence-corrected chi connectivity index (χ4v) is 2.61. The quantitative estimate of drug-likeness (QED) is 0.901. The number of aromatic nitrogens is 2. The van der Waals surface area contributed by atoms with Crippen LogP contribution in [-0.2, 0) is 17.8 Å². The third kappa shape index (κ3) is 2.72. The number of amides is 1. The van der Waals surface area contributed by atoms with Gasteiger partial charge in [0.25, 0.3) is 0 Å². The SMILES string of the molecule is CNc1nnc(COc2ccc3c(c2)CCC(=O)N3)s1. The number of hydrogen-bond acceptors (Lipinski definition) is 6. The number of nitrogens with zero attached hydrogens (tertiary/aromatic N) is 2. The van der Waals surface area contributed by atoms with Crippen LogP contribution in [0, 0.1) is 0 Å². The molecule has 2 N–H and O–H groups in total. The Hall–Kier alpha value is -2.15. The Morgan fingerprint density at radius 2 is 2.30 bits per heavy atom. The molecule has 2 heterocycles. The van der Waals surface area contributed by atoms with Crippen LogP contribution in [0.5, 0.6) is 5.75 Å². The molecule has 1 aromatic heterocycles. The fraction of sp³-hybridized carbons (Fsp3) is 0.308. The third-order valence-corrected chi connectivity index (χ3v) is 3.93. The van der Waals surface area contributed by atoms with Gasteiger partial charge in [0.2, 0.25) is 11.0 Å². The van der Waals surface area contributed by atoms with Gasteiger partial charge in [-0.25, -0.2) is 0 Å². The van der Waals surface area contributed by atoms with Crippen LogP contribution >= 0.6 is 11.3 Å². The van der Waals surface area contributed by atoms with Crippen molar-refractivity contribution in [3.63, 3.8) is 0 Å². The molecular formula is C13H14N4O2S. The summed E-state index contributed by atoms with van der Waals surface area (Å²) in [5.41, 5.74) is 1.98. The number of rotatable bonds is 4. The van der Waals surface area contributed by atoms with Crippen molar-refractivity contribution in [3.05, 3.63) is 28.8 Å². The molecule has 0 fully saturated rings. The van der Waals surface area contributed by atoms with Gasteiger partial charge in [0.05, 0.1) is 0 Å². The Bertz CT molecular complexity index is 641. The molecule has 0 saturated carbocycles. The number of fused-ring (bicyclic) bond motifs is 1. The molecule has 3 rings (SSSR count). The summed E-state index contributed by atoms with van der Waals surface area (Å²) in [6.07, 6.45) is 1.28. The van der Waals surface area contributed by atoms with Gasteiger partial charge in [0.1, 0.15) is 12.4 Å². The summed E-state index contributed by atoms with van der Waals surface area (Å²) in [6, 6.07) is 5.69. The maximum Gasteiger partial charge on any atom is 0.224 e.